The van der Waals surface area contributed by atoms with Crippen molar-refractivity contribution in [3.05, 3.63) is 12.7 Å². The maximum absolute atomic E-state index is 9.83. The van der Waals surface area contributed by atoms with E-state index in [1.807, 2.05) is 6.08 Å². The van der Waals surface area contributed by atoms with Crippen LogP contribution in [-0.2, 0) is 0 Å². The molecule has 0 fully saturated rings. The zero-order valence-electron chi connectivity index (χ0n) is 12.5. The van der Waals surface area contributed by atoms with E-state index in [4.69, 9.17) is 0 Å². The Balaban J connectivity index is 3.11. The number of hydrogen-bond donors (Lipinski definition) is 1. The second-order valence-corrected chi connectivity index (χ2v) is 5.49. The molecule has 1 unspecified atom stereocenters. The minimum Gasteiger partial charge on any atom is -0.393 e. The van der Waals surface area contributed by atoms with Gasteiger partial charge in [-0.2, -0.15) is 0 Å². The standard InChI is InChI=1S/C17H34O/c1-3-5-7-9-10-12-14-16-17(18)15-13-11-8-6-4-2/h4,17-18H,2-3,5-16H2,1H3. The van der Waals surface area contributed by atoms with E-state index in [2.05, 4.69) is 13.5 Å². The summed E-state index contributed by atoms with van der Waals surface area (Å²) in [6, 6.07) is 0. The number of allylic oxidation sites excluding steroid dienone is 1. The van der Waals surface area contributed by atoms with E-state index in [-0.39, 0.29) is 6.10 Å². The fourth-order valence-corrected chi connectivity index (χ4v) is 2.33. The molecule has 0 aromatic heterocycles. The molecule has 0 aliphatic rings. The smallest absolute Gasteiger partial charge is 0.0540 e. The van der Waals surface area contributed by atoms with E-state index in [0.29, 0.717) is 0 Å². The van der Waals surface area contributed by atoms with Gasteiger partial charge in [0.05, 0.1) is 6.10 Å². The lowest BCUT2D eigenvalue weighted by atomic mass is 10.0. The molecule has 0 rings (SSSR count). The second-order valence-electron chi connectivity index (χ2n) is 5.49. The molecule has 0 spiro atoms. The molecule has 0 aliphatic heterocycles. The van der Waals surface area contributed by atoms with Gasteiger partial charge in [0.2, 0.25) is 0 Å². The van der Waals surface area contributed by atoms with Gasteiger partial charge < -0.3 is 5.11 Å². The Morgan fingerprint density at radius 2 is 1.33 bits per heavy atom. The normalized spacial score (nSPS) is 12.6. The topological polar surface area (TPSA) is 20.2 Å². The minimum atomic E-state index is -0.0515. The summed E-state index contributed by atoms with van der Waals surface area (Å²) < 4.78 is 0. The van der Waals surface area contributed by atoms with Crippen molar-refractivity contribution in [1.29, 1.82) is 0 Å². The highest BCUT2D eigenvalue weighted by Gasteiger charge is 2.03. The van der Waals surface area contributed by atoms with Crippen molar-refractivity contribution >= 4 is 0 Å². The van der Waals surface area contributed by atoms with Crippen molar-refractivity contribution in [3.8, 4) is 0 Å². The lowest BCUT2D eigenvalue weighted by Crippen LogP contribution is -2.05. The zero-order chi connectivity index (χ0) is 13.5. The average Bonchev–Trinajstić information content (AvgIpc) is 2.37. The third-order valence-electron chi connectivity index (χ3n) is 3.59. The van der Waals surface area contributed by atoms with Gasteiger partial charge in [-0.1, -0.05) is 70.8 Å². The van der Waals surface area contributed by atoms with Crippen LogP contribution in [0.1, 0.15) is 90.4 Å². The van der Waals surface area contributed by atoms with Crippen LogP contribution in [-0.4, -0.2) is 11.2 Å². The van der Waals surface area contributed by atoms with Gasteiger partial charge in [-0.25, -0.2) is 0 Å². The van der Waals surface area contributed by atoms with Gasteiger partial charge in [0.15, 0.2) is 0 Å². The molecular formula is C17H34O. The van der Waals surface area contributed by atoms with Crippen molar-refractivity contribution in [2.45, 2.75) is 96.5 Å². The molecule has 0 saturated carbocycles. The van der Waals surface area contributed by atoms with Crippen molar-refractivity contribution in [2.75, 3.05) is 0 Å². The summed E-state index contributed by atoms with van der Waals surface area (Å²) in [5.41, 5.74) is 0. The summed E-state index contributed by atoms with van der Waals surface area (Å²) in [5, 5.41) is 9.83. The third kappa shape index (κ3) is 13.8. The molecule has 1 heteroatoms. The molecule has 1 nitrogen and oxygen atoms in total. The van der Waals surface area contributed by atoms with Gasteiger partial charge >= 0.3 is 0 Å². The summed E-state index contributed by atoms with van der Waals surface area (Å²) in [6.45, 7) is 5.98. The first kappa shape index (κ1) is 17.7. The summed E-state index contributed by atoms with van der Waals surface area (Å²) in [6.07, 6.45) is 18.0. The highest BCUT2D eigenvalue weighted by atomic mass is 16.3. The maximum Gasteiger partial charge on any atom is 0.0540 e. The number of aliphatic hydroxyl groups excluding tert-OH is 1. The van der Waals surface area contributed by atoms with Crippen LogP contribution < -0.4 is 0 Å². The van der Waals surface area contributed by atoms with Crippen LogP contribution in [0.5, 0.6) is 0 Å². The Bertz CT molecular complexity index is 165. The lowest BCUT2D eigenvalue weighted by Gasteiger charge is -2.10. The molecule has 0 heterocycles. The Hall–Kier alpha value is -0.300. The number of unbranched alkanes of at least 4 members (excludes halogenated alkanes) is 9. The van der Waals surface area contributed by atoms with E-state index >= 15 is 0 Å². The molecule has 0 radical (unpaired) electrons. The molecule has 0 bridgehead atoms. The Morgan fingerprint density at radius 1 is 0.833 bits per heavy atom. The van der Waals surface area contributed by atoms with Crippen LogP contribution in [0.4, 0.5) is 0 Å². The van der Waals surface area contributed by atoms with E-state index in [1.54, 1.807) is 0 Å². The molecule has 108 valence electrons. The number of aliphatic hydroxyl groups is 1. The molecular weight excluding hydrogens is 220 g/mol. The van der Waals surface area contributed by atoms with E-state index in [9.17, 15) is 5.11 Å². The number of rotatable bonds is 14. The largest absolute Gasteiger partial charge is 0.393 e. The highest BCUT2D eigenvalue weighted by Crippen LogP contribution is 2.13. The van der Waals surface area contributed by atoms with Gasteiger partial charge in [0, 0.05) is 0 Å². The monoisotopic (exact) mass is 254 g/mol. The molecule has 1 atom stereocenters. The lowest BCUT2D eigenvalue weighted by molar-refractivity contribution is 0.147. The van der Waals surface area contributed by atoms with E-state index < -0.39 is 0 Å². The van der Waals surface area contributed by atoms with Gasteiger partial charge in [0.1, 0.15) is 0 Å². The quantitative estimate of drug-likeness (QED) is 0.315. The van der Waals surface area contributed by atoms with Gasteiger partial charge in [0.25, 0.3) is 0 Å². The fraction of sp³-hybridized carbons (Fsp3) is 0.882. The first-order valence-electron chi connectivity index (χ1n) is 8.10. The van der Waals surface area contributed by atoms with Gasteiger partial charge in [-0.15, -0.1) is 6.58 Å². The molecule has 0 aliphatic carbocycles. The average molecular weight is 254 g/mol. The van der Waals surface area contributed by atoms with Crippen molar-refractivity contribution in [2.24, 2.45) is 0 Å². The second kappa shape index (κ2) is 14.8. The van der Waals surface area contributed by atoms with Crippen molar-refractivity contribution in [3.63, 3.8) is 0 Å². The van der Waals surface area contributed by atoms with Crippen LogP contribution >= 0.6 is 0 Å². The summed E-state index contributed by atoms with van der Waals surface area (Å²) in [4.78, 5) is 0. The predicted molar refractivity (Wildman–Crippen MR) is 81.9 cm³/mol. The molecule has 0 aromatic rings. The van der Waals surface area contributed by atoms with Crippen LogP contribution in [0.3, 0.4) is 0 Å². The van der Waals surface area contributed by atoms with Crippen LogP contribution in [0, 0.1) is 0 Å². The Labute approximate surface area is 115 Å². The molecule has 0 amide bonds. The first-order chi connectivity index (χ1) is 8.81. The SMILES string of the molecule is C=CCCCCCC(O)CCCCCCCCC. The Kier molecular flexibility index (Phi) is 14.5. The van der Waals surface area contributed by atoms with E-state index in [0.717, 1.165) is 19.3 Å². The van der Waals surface area contributed by atoms with Crippen LogP contribution in [0.15, 0.2) is 12.7 Å². The fourth-order valence-electron chi connectivity index (χ4n) is 2.33. The summed E-state index contributed by atoms with van der Waals surface area (Å²) in [7, 11) is 0. The third-order valence-corrected chi connectivity index (χ3v) is 3.59. The predicted octanol–water partition coefficient (Wildman–Crippen LogP) is 5.62. The van der Waals surface area contributed by atoms with Crippen molar-refractivity contribution in [1.82, 2.24) is 0 Å². The van der Waals surface area contributed by atoms with Crippen LogP contribution in [0.25, 0.3) is 0 Å². The minimum absolute atomic E-state index is 0.0515. The summed E-state index contributed by atoms with van der Waals surface area (Å²) >= 11 is 0. The highest BCUT2D eigenvalue weighted by molar-refractivity contribution is 4.66. The van der Waals surface area contributed by atoms with Crippen LogP contribution in [0.2, 0.25) is 0 Å². The molecule has 0 aromatic carbocycles. The Morgan fingerprint density at radius 3 is 1.89 bits per heavy atom. The maximum atomic E-state index is 9.83. The van der Waals surface area contributed by atoms with E-state index in [1.165, 1.54) is 64.2 Å². The molecule has 18 heavy (non-hydrogen) atoms. The van der Waals surface area contributed by atoms with Gasteiger partial charge in [-0.3, -0.25) is 0 Å². The molecule has 1 N–H and O–H groups in total. The first-order valence-corrected chi connectivity index (χ1v) is 8.10. The number of hydrogen-bond acceptors (Lipinski definition) is 1. The van der Waals surface area contributed by atoms with Gasteiger partial charge in [-0.05, 0) is 25.7 Å². The zero-order valence-corrected chi connectivity index (χ0v) is 12.5. The summed E-state index contributed by atoms with van der Waals surface area (Å²) in [5.74, 6) is 0. The van der Waals surface area contributed by atoms with Crippen molar-refractivity contribution < 1.29 is 5.11 Å². The molecule has 0 saturated heterocycles.